The average Bonchev–Trinajstić information content (AvgIpc) is 3.51. The number of aromatic nitrogens is 4. The molecule has 0 spiro atoms. The molecule has 1 N–H and O–H groups in total. The molecule has 3 heterocycles. The van der Waals surface area contributed by atoms with E-state index in [4.69, 9.17) is 4.98 Å². The summed E-state index contributed by atoms with van der Waals surface area (Å²) in [5, 5.41) is 4.82. The van der Waals surface area contributed by atoms with E-state index in [1.54, 1.807) is 10.9 Å². The van der Waals surface area contributed by atoms with Gasteiger partial charge >= 0.3 is 0 Å². The lowest BCUT2D eigenvalue weighted by molar-refractivity contribution is -0.132. The number of hydrogen-bond acceptors (Lipinski definition) is 5. The third kappa shape index (κ3) is 3.04. The number of benzene rings is 1. The number of anilines is 1. The molecule has 1 aliphatic heterocycles. The summed E-state index contributed by atoms with van der Waals surface area (Å²) < 4.78 is 1.69. The molecule has 2 fully saturated rings. The van der Waals surface area contributed by atoms with Crippen LogP contribution in [-0.2, 0) is 4.79 Å². The highest BCUT2D eigenvalue weighted by Crippen LogP contribution is 2.31. The molecule has 1 amide bonds. The molecular weight excluding hydrogens is 356 g/mol. The molecule has 1 saturated carbocycles. The van der Waals surface area contributed by atoms with E-state index in [0.717, 1.165) is 38.0 Å². The van der Waals surface area contributed by atoms with Crippen LogP contribution in [0.2, 0.25) is 0 Å². The number of hydrogen-bond donors (Lipinski definition) is 1. The van der Waals surface area contributed by atoms with Gasteiger partial charge in [0, 0.05) is 32.1 Å². The molecule has 2 aromatic heterocycles. The van der Waals surface area contributed by atoms with Crippen molar-refractivity contribution in [1.82, 2.24) is 24.6 Å². The molecule has 0 radical (unpaired) electrons. The second-order valence-corrected chi connectivity index (χ2v) is 7.46. The molecule has 3 aromatic rings. The van der Waals surface area contributed by atoms with Gasteiger partial charge in [0.1, 0.15) is 5.39 Å². The molecule has 8 nitrogen and oxygen atoms in total. The van der Waals surface area contributed by atoms with E-state index in [9.17, 15) is 9.59 Å². The molecule has 8 heteroatoms. The fraction of sp³-hybridized carbons (Fsp3) is 0.400. The fourth-order valence-electron chi connectivity index (χ4n) is 3.75. The van der Waals surface area contributed by atoms with Gasteiger partial charge in [-0.25, -0.2) is 4.68 Å². The Kier molecular flexibility index (Phi) is 4.11. The SMILES string of the molecule is O=C(C1CC1)N1CCCN(c2nc3c(cnn3-c3ccccc3)c(=O)[nH]2)CC1. The molecule has 0 atom stereocenters. The van der Waals surface area contributed by atoms with Gasteiger partial charge in [0.2, 0.25) is 11.9 Å². The van der Waals surface area contributed by atoms with Crippen LogP contribution < -0.4 is 10.5 Å². The van der Waals surface area contributed by atoms with Crippen LogP contribution in [0.3, 0.4) is 0 Å². The molecule has 1 saturated heterocycles. The lowest BCUT2D eigenvalue weighted by atomic mass is 10.3. The van der Waals surface area contributed by atoms with Crippen LogP contribution in [0.1, 0.15) is 19.3 Å². The van der Waals surface area contributed by atoms with Gasteiger partial charge in [-0.1, -0.05) is 18.2 Å². The highest BCUT2D eigenvalue weighted by Gasteiger charge is 2.34. The maximum Gasteiger partial charge on any atom is 0.263 e. The van der Waals surface area contributed by atoms with Crippen LogP contribution in [0.15, 0.2) is 41.3 Å². The van der Waals surface area contributed by atoms with E-state index in [1.165, 1.54) is 0 Å². The molecule has 1 aromatic carbocycles. The van der Waals surface area contributed by atoms with Crippen molar-refractivity contribution in [1.29, 1.82) is 0 Å². The van der Waals surface area contributed by atoms with E-state index in [2.05, 4.69) is 15.0 Å². The van der Waals surface area contributed by atoms with Gasteiger partial charge < -0.3 is 9.80 Å². The van der Waals surface area contributed by atoms with Gasteiger partial charge in [0.25, 0.3) is 5.56 Å². The molecule has 28 heavy (non-hydrogen) atoms. The predicted octanol–water partition coefficient (Wildman–Crippen LogP) is 1.56. The highest BCUT2D eigenvalue weighted by atomic mass is 16.2. The first kappa shape index (κ1) is 17.0. The first-order valence-corrected chi connectivity index (χ1v) is 9.78. The Morgan fingerprint density at radius 2 is 1.89 bits per heavy atom. The number of aromatic amines is 1. The highest BCUT2D eigenvalue weighted by molar-refractivity contribution is 5.81. The molecule has 1 aliphatic carbocycles. The molecular formula is C20H22N6O2. The van der Waals surface area contributed by atoms with Crippen molar-refractivity contribution in [2.24, 2.45) is 5.92 Å². The Morgan fingerprint density at radius 3 is 2.68 bits per heavy atom. The second-order valence-electron chi connectivity index (χ2n) is 7.46. The molecule has 2 aliphatic rings. The Labute approximate surface area is 161 Å². The maximum absolute atomic E-state index is 12.6. The van der Waals surface area contributed by atoms with Gasteiger partial charge in [-0.05, 0) is 31.4 Å². The number of fused-ring (bicyclic) bond motifs is 1. The number of nitrogens with one attached hydrogen (secondary N) is 1. The summed E-state index contributed by atoms with van der Waals surface area (Å²) in [6.45, 7) is 2.84. The van der Waals surface area contributed by atoms with Crippen molar-refractivity contribution in [3.63, 3.8) is 0 Å². The van der Waals surface area contributed by atoms with Crippen LogP contribution in [0.25, 0.3) is 16.7 Å². The number of carbonyl (C=O) groups excluding carboxylic acids is 1. The van der Waals surface area contributed by atoms with Crippen molar-refractivity contribution >= 4 is 22.9 Å². The summed E-state index contributed by atoms with van der Waals surface area (Å²) in [4.78, 5) is 36.6. The third-order valence-electron chi connectivity index (χ3n) is 5.46. The zero-order valence-electron chi connectivity index (χ0n) is 15.5. The number of nitrogens with zero attached hydrogens (tertiary/aromatic N) is 5. The minimum atomic E-state index is -0.197. The first-order valence-electron chi connectivity index (χ1n) is 9.78. The Morgan fingerprint density at radius 1 is 1.07 bits per heavy atom. The van der Waals surface area contributed by atoms with Gasteiger partial charge in [-0.15, -0.1) is 0 Å². The van der Waals surface area contributed by atoms with Crippen molar-refractivity contribution in [2.45, 2.75) is 19.3 Å². The summed E-state index contributed by atoms with van der Waals surface area (Å²) in [6.07, 6.45) is 4.46. The molecule has 0 unspecified atom stereocenters. The summed E-state index contributed by atoms with van der Waals surface area (Å²) >= 11 is 0. The van der Waals surface area contributed by atoms with Crippen LogP contribution in [0.4, 0.5) is 5.95 Å². The smallest absolute Gasteiger partial charge is 0.263 e. The van der Waals surface area contributed by atoms with Crippen LogP contribution in [0.5, 0.6) is 0 Å². The van der Waals surface area contributed by atoms with E-state index >= 15 is 0 Å². The summed E-state index contributed by atoms with van der Waals surface area (Å²) in [5.41, 5.74) is 1.20. The van der Waals surface area contributed by atoms with Crippen molar-refractivity contribution < 1.29 is 4.79 Å². The summed E-state index contributed by atoms with van der Waals surface area (Å²) in [6, 6.07) is 9.66. The van der Waals surface area contributed by atoms with Gasteiger partial charge in [0.05, 0.1) is 11.9 Å². The maximum atomic E-state index is 12.6. The number of rotatable bonds is 3. The summed E-state index contributed by atoms with van der Waals surface area (Å²) in [5.74, 6) is 1.05. The minimum Gasteiger partial charge on any atom is -0.341 e. The first-order chi connectivity index (χ1) is 13.7. The molecule has 144 valence electrons. The van der Waals surface area contributed by atoms with Crippen molar-refractivity contribution in [3.8, 4) is 5.69 Å². The van der Waals surface area contributed by atoms with E-state index in [0.29, 0.717) is 30.1 Å². The largest absolute Gasteiger partial charge is 0.341 e. The van der Waals surface area contributed by atoms with Crippen LogP contribution in [0, 0.1) is 5.92 Å². The van der Waals surface area contributed by atoms with Crippen LogP contribution in [-0.4, -0.2) is 56.7 Å². The standard InChI is InChI=1S/C20H22N6O2/c27-18-16-13-21-26(15-5-2-1-3-6-15)17(16)22-20(23-18)25-10-4-9-24(11-12-25)19(28)14-7-8-14/h1-3,5-6,13-14H,4,7-12H2,(H,22,23,27). The Bertz CT molecular complexity index is 1070. The molecule has 0 bridgehead atoms. The van der Waals surface area contributed by atoms with Crippen LogP contribution >= 0.6 is 0 Å². The van der Waals surface area contributed by atoms with E-state index < -0.39 is 0 Å². The van der Waals surface area contributed by atoms with Gasteiger partial charge in [-0.2, -0.15) is 10.1 Å². The van der Waals surface area contributed by atoms with Crippen molar-refractivity contribution in [2.75, 3.05) is 31.1 Å². The second kappa shape index (κ2) is 6.78. The fourth-order valence-corrected chi connectivity index (χ4v) is 3.75. The monoisotopic (exact) mass is 378 g/mol. The lowest BCUT2D eigenvalue weighted by Gasteiger charge is -2.22. The van der Waals surface area contributed by atoms with Gasteiger partial charge in [-0.3, -0.25) is 14.6 Å². The third-order valence-corrected chi connectivity index (χ3v) is 5.46. The van der Waals surface area contributed by atoms with E-state index in [1.807, 2.05) is 35.2 Å². The number of amides is 1. The Hall–Kier alpha value is -3.16. The molecule has 5 rings (SSSR count). The number of H-pyrrole nitrogens is 1. The number of carbonyl (C=O) groups is 1. The lowest BCUT2D eigenvalue weighted by Crippen LogP contribution is -2.36. The zero-order valence-corrected chi connectivity index (χ0v) is 15.5. The predicted molar refractivity (Wildman–Crippen MR) is 106 cm³/mol. The average molecular weight is 378 g/mol. The topological polar surface area (TPSA) is 87.1 Å². The normalized spacial score (nSPS) is 17.7. The van der Waals surface area contributed by atoms with Crippen molar-refractivity contribution in [3.05, 3.63) is 46.9 Å². The van der Waals surface area contributed by atoms with E-state index in [-0.39, 0.29) is 17.4 Å². The minimum absolute atomic E-state index is 0.197. The van der Waals surface area contributed by atoms with Gasteiger partial charge in [0.15, 0.2) is 5.65 Å². The number of para-hydroxylation sites is 1. The Balaban J connectivity index is 1.46. The zero-order chi connectivity index (χ0) is 19.1. The summed E-state index contributed by atoms with van der Waals surface area (Å²) in [7, 11) is 0. The quantitative estimate of drug-likeness (QED) is 0.747.